The lowest BCUT2D eigenvalue weighted by atomic mass is 9.90. The molecule has 0 N–H and O–H groups in total. The lowest BCUT2D eigenvalue weighted by Gasteiger charge is -2.14. The quantitative estimate of drug-likeness (QED) is 0.564. The first kappa shape index (κ1) is 18.0. The molecule has 0 aromatic heterocycles. The average molecular weight is 354 g/mol. The third-order valence-corrected chi connectivity index (χ3v) is 5.09. The summed E-state index contributed by atoms with van der Waals surface area (Å²) in [4.78, 5) is 20.4. The molecule has 0 saturated carbocycles. The molecule has 0 saturated heterocycles. The van der Waals surface area contributed by atoms with Crippen LogP contribution < -0.4 is 0 Å². The minimum Gasteiger partial charge on any atom is -0.258 e. The molecule has 0 aliphatic heterocycles. The maximum atomic E-state index is 10.8. The first-order valence-corrected chi connectivity index (χ1v) is 9.07. The third-order valence-electron chi connectivity index (χ3n) is 5.09. The van der Waals surface area contributed by atoms with Crippen molar-refractivity contribution in [3.8, 4) is 0 Å². The van der Waals surface area contributed by atoms with Crippen LogP contribution in [0.1, 0.15) is 47.9 Å². The van der Waals surface area contributed by atoms with Crippen LogP contribution in [0, 0.1) is 20.2 Å². The van der Waals surface area contributed by atoms with Crippen LogP contribution in [0.4, 0.5) is 11.4 Å². The summed E-state index contributed by atoms with van der Waals surface area (Å²) in [7, 11) is 0. The third kappa shape index (κ3) is 4.07. The normalized spacial score (nSPS) is 15.1. The van der Waals surface area contributed by atoms with Crippen LogP contribution in [-0.2, 0) is 25.7 Å². The molecule has 2 aromatic rings. The minimum absolute atomic E-state index is 0.107. The first-order chi connectivity index (χ1) is 12.6. The molecule has 2 aliphatic carbocycles. The molecule has 0 atom stereocenters. The van der Waals surface area contributed by atoms with Gasteiger partial charge in [0.2, 0.25) is 0 Å². The number of nitro benzene ring substituents is 2. The van der Waals surface area contributed by atoms with E-state index in [1.165, 1.54) is 31.7 Å². The summed E-state index contributed by atoms with van der Waals surface area (Å²) in [5, 5.41) is 21.5. The van der Waals surface area contributed by atoms with E-state index in [9.17, 15) is 20.2 Å². The van der Waals surface area contributed by atoms with Gasteiger partial charge in [-0.05, 0) is 68.1 Å². The van der Waals surface area contributed by atoms with Gasteiger partial charge in [-0.15, -0.1) is 0 Å². The number of rotatable bonds is 2. The number of aryl methyl sites for hydroxylation is 3. The van der Waals surface area contributed by atoms with Crippen molar-refractivity contribution < 1.29 is 9.85 Å². The van der Waals surface area contributed by atoms with E-state index in [2.05, 4.69) is 24.3 Å². The van der Waals surface area contributed by atoms with Crippen LogP contribution in [0.25, 0.3) is 0 Å². The Morgan fingerprint density at radius 1 is 0.692 bits per heavy atom. The number of non-ortho nitro benzene ring substituents is 1. The topological polar surface area (TPSA) is 86.3 Å². The zero-order valence-corrected chi connectivity index (χ0v) is 14.6. The van der Waals surface area contributed by atoms with E-state index in [0.29, 0.717) is 18.4 Å². The summed E-state index contributed by atoms with van der Waals surface area (Å²) in [5.41, 5.74) is 4.28. The molecule has 0 radical (unpaired) electrons. The van der Waals surface area contributed by atoms with Gasteiger partial charge in [-0.25, -0.2) is 0 Å². The molecule has 0 spiro atoms. The monoisotopic (exact) mass is 354 g/mol. The minimum atomic E-state index is -0.581. The maximum Gasteiger partial charge on any atom is 0.279 e. The van der Waals surface area contributed by atoms with Crippen LogP contribution in [0.5, 0.6) is 0 Å². The number of fused-ring (bicyclic) bond motifs is 2. The van der Waals surface area contributed by atoms with Gasteiger partial charge in [0.25, 0.3) is 11.4 Å². The van der Waals surface area contributed by atoms with Crippen molar-refractivity contribution in [1.82, 2.24) is 0 Å². The van der Waals surface area contributed by atoms with Crippen molar-refractivity contribution in [2.45, 2.75) is 51.4 Å². The van der Waals surface area contributed by atoms with Crippen molar-refractivity contribution >= 4 is 11.4 Å². The Morgan fingerprint density at radius 3 is 1.77 bits per heavy atom. The molecule has 6 heteroatoms. The molecule has 6 nitrogen and oxygen atoms in total. The summed E-state index contributed by atoms with van der Waals surface area (Å²) in [6, 6.07) is 11.3. The van der Waals surface area contributed by atoms with Gasteiger partial charge in [-0.3, -0.25) is 20.2 Å². The van der Waals surface area contributed by atoms with E-state index in [-0.39, 0.29) is 11.4 Å². The maximum absolute atomic E-state index is 10.8. The van der Waals surface area contributed by atoms with E-state index in [4.69, 9.17) is 0 Å². The van der Waals surface area contributed by atoms with Crippen molar-refractivity contribution in [3.05, 3.63) is 78.9 Å². The Labute approximate surface area is 152 Å². The van der Waals surface area contributed by atoms with Gasteiger partial charge in [0.05, 0.1) is 15.9 Å². The second-order valence-electron chi connectivity index (χ2n) is 6.80. The van der Waals surface area contributed by atoms with Crippen LogP contribution in [0.2, 0.25) is 0 Å². The number of hydrogen-bond acceptors (Lipinski definition) is 4. The molecule has 2 aliphatic rings. The van der Waals surface area contributed by atoms with E-state index in [0.717, 1.165) is 24.5 Å². The largest absolute Gasteiger partial charge is 0.279 e. The lowest BCUT2D eigenvalue weighted by Crippen LogP contribution is -2.07. The fourth-order valence-corrected chi connectivity index (χ4v) is 3.77. The molecular weight excluding hydrogens is 332 g/mol. The average Bonchev–Trinajstić information content (AvgIpc) is 2.67. The number of hydrogen-bond donors (Lipinski definition) is 0. The molecule has 4 rings (SSSR count). The summed E-state index contributed by atoms with van der Waals surface area (Å²) < 4.78 is 0. The Hall–Kier alpha value is -2.76. The van der Waals surface area contributed by atoms with E-state index in [1.54, 1.807) is 11.1 Å². The zero-order valence-electron chi connectivity index (χ0n) is 14.6. The van der Waals surface area contributed by atoms with E-state index < -0.39 is 9.85 Å². The highest BCUT2D eigenvalue weighted by Crippen LogP contribution is 2.33. The van der Waals surface area contributed by atoms with Gasteiger partial charge < -0.3 is 0 Å². The van der Waals surface area contributed by atoms with Gasteiger partial charge in [-0.1, -0.05) is 24.3 Å². The summed E-state index contributed by atoms with van der Waals surface area (Å²) in [5.74, 6) is 0. The van der Waals surface area contributed by atoms with Crippen molar-refractivity contribution in [2.75, 3.05) is 0 Å². The van der Waals surface area contributed by atoms with Crippen LogP contribution in [0.3, 0.4) is 0 Å². The second-order valence-corrected chi connectivity index (χ2v) is 6.80. The highest BCUT2D eigenvalue weighted by Gasteiger charge is 2.25. The Kier molecular flexibility index (Phi) is 5.61. The fraction of sp³-hybridized carbons (Fsp3) is 0.400. The molecule has 0 unspecified atom stereocenters. The van der Waals surface area contributed by atoms with Crippen LogP contribution in [0.15, 0.2) is 36.4 Å². The molecule has 0 heterocycles. The second kappa shape index (κ2) is 8.08. The molecular formula is C20H22N2O4. The molecule has 0 bridgehead atoms. The molecule has 0 amide bonds. The Bertz CT molecular complexity index is 808. The Morgan fingerprint density at radius 2 is 1.23 bits per heavy atom. The molecule has 26 heavy (non-hydrogen) atoms. The van der Waals surface area contributed by atoms with Crippen molar-refractivity contribution in [2.24, 2.45) is 0 Å². The molecule has 136 valence electrons. The predicted molar refractivity (Wildman–Crippen MR) is 99.5 cm³/mol. The Balaban J connectivity index is 0.000000167. The zero-order chi connectivity index (χ0) is 18.5. The van der Waals surface area contributed by atoms with E-state index >= 15 is 0 Å². The van der Waals surface area contributed by atoms with Crippen molar-refractivity contribution in [3.63, 3.8) is 0 Å². The van der Waals surface area contributed by atoms with Gasteiger partial charge in [0, 0.05) is 11.6 Å². The SMILES string of the molecule is O=[N+]([O-])c1cc2c(c([N+](=O)[O-])c1)CCCC2.c1ccc2c(c1)CCCC2. The smallest absolute Gasteiger partial charge is 0.258 e. The highest BCUT2D eigenvalue weighted by molar-refractivity contribution is 5.54. The standard InChI is InChI=1S/C10H10N2O4.C10H12/c13-11(14)8-5-7-3-1-2-4-9(7)10(6-8)12(15)16;1-2-6-10-8-4-3-7-9(10)5-1/h5-6H,1-4H2;1-2,5-6H,3-4,7-8H2. The lowest BCUT2D eigenvalue weighted by molar-refractivity contribution is -0.394. The van der Waals surface area contributed by atoms with Gasteiger partial charge in [0.15, 0.2) is 0 Å². The highest BCUT2D eigenvalue weighted by atomic mass is 16.6. The number of nitrogens with zero attached hydrogens (tertiary/aromatic N) is 2. The van der Waals surface area contributed by atoms with Gasteiger partial charge in [-0.2, -0.15) is 0 Å². The summed E-state index contributed by atoms with van der Waals surface area (Å²) in [6.45, 7) is 0. The van der Waals surface area contributed by atoms with E-state index in [1.807, 2.05) is 0 Å². The first-order valence-electron chi connectivity index (χ1n) is 9.07. The molecule has 0 fully saturated rings. The van der Waals surface area contributed by atoms with Crippen LogP contribution in [-0.4, -0.2) is 9.85 Å². The fourth-order valence-electron chi connectivity index (χ4n) is 3.77. The van der Waals surface area contributed by atoms with Crippen molar-refractivity contribution in [1.29, 1.82) is 0 Å². The number of nitro groups is 2. The van der Waals surface area contributed by atoms with Gasteiger partial charge in [0.1, 0.15) is 0 Å². The molecule has 2 aromatic carbocycles. The predicted octanol–water partition coefficient (Wildman–Crippen LogP) is 4.95. The summed E-state index contributed by atoms with van der Waals surface area (Å²) >= 11 is 0. The summed E-state index contributed by atoms with van der Waals surface area (Å²) in [6.07, 6.45) is 8.55. The number of benzene rings is 2. The van der Waals surface area contributed by atoms with Gasteiger partial charge >= 0.3 is 0 Å². The van der Waals surface area contributed by atoms with Crippen LogP contribution >= 0.6 is 0 Å².